The molecule has 11 rings (SSSR count). The Morgan fingerprint density at radius 1 is 0.389 bits per heavy atom. The molecule has 8 aromatic carbocycles. The van der Waals surface area contributed by atoms with Gasteiger partial charge in [-0.2, -0.15) is 0 Å². The van der Waals surface area contributed by atoms with Gasteiger partial charge in [-0.15, -0.1) is 0 Å². The summed E-state index contributed by atoms with van der Waals surface area (Å²) in [5.41, 5.74) is 5.83. The second-order valence-corrected chi connectivity index (χ2v) is 12.9. The second-order valence-electron chi connectivity index (χ2n) is 12.9. The number of rotatable bonds is 5. The zero-order chi connectivity index (χ0) is 43.4. The minimum absolute atomic E-state index is 0.0134. The molecule has 0 bridgehead atoms. The van der Waals surface area contributed by atoms with Crippen molar-refractivity contribution in [2.24, 2.45) is 0 Å². The molecule has 0 unspecified atom stereocenters. The van der Waals surface area contributed by atoms with Crippen molar-refractivity contribution in [3.05, 3.63) is 176 Å². The Labute approximate surface area is 322 Å². The Morgan fingerprint density at radius 2 is 1.02 bits per heavy atom. The highest BCUT2D eigenvalue weighted by molar-refractivity contribution is 6.19. The summed E-state index contributed by atoms with van der Waals surface area (Å²) < 4.78 is 91.0. The summed E-state index contributed by atoms with van der Waals surface area (Å²) in [4.78, 5) is 14.9. The normalized spacial score (nSPS) is 14.0. The van der Waals surface area contributed by atoms with Crippen LogP contribution in [0.5, 0.6) is 0 Å². The monoisotopic (exact) mass is 700 g/mol. The first-order valence-electron chi connectivity index (χ1n) is 21.8. The molecular formula is C49H29N3O2. The van der Waals surface area contributed by atoms with Gasteiger partial charge < -0.3 is 8.83 Å². The predicted molar refractivity (Wildman–Crippen MR) is 219 cm³/mol. The first kappa shape index (κ1) is 22.5. The summed E-state index contributed by atoms with van der Waals surface area (Å²) in [7, 11) is 0. The molecule has 54 heavy (non-hydrogen) atoms. The van der Waals surface area contributed by atoms with Gasteiger partial charge in [0.25, 0.3) is 0 Å². The van der Waals surface area contributed by atoms with Crippen molar-refractivity contribution in [3.8, 4) is 56.4 Å². The lowest BCUT2D eigenvalue weighted by atomic mass is 9.96. The molecule has 3 heterocycles. The molecular weight excluding hydrogens is 663 g/mol. The zero-order valence-electron chi connectivity index (χ0n) is 37.2. The standard InChI is InChI=1S/C49H29N3O2/c1-3-12-30(13-4-1)40-28-35(29-43-45(40)38-18-9-10-20-41(38)53-43)49-51-47(33-15-5-2-6-16-33)50-48(52-49)34-24-22-32(23-25-34)36-19-11-21-42-44(36)39-27-26-31-14-7-8-17-37(31)46(39)54-42/h1-29H/i7D,8D,11D,14D,17D,19D,21D,26D,27D. The quantitative estimate of drug-likeness (QED) is 0.179. The third kappa shape index (κ3) is 4.90. The molecule has 0 aliphatic rings. The molecule has 252 valence electrons. The number of fused-ring (bicyclic) bond motifs is 8. The van der Waals surface area contributed by atoms with Crippen LogP contribution in [0.25, 0.3) is 111 Å². The van der Waals surface area contributed by atoms with Gasteiger partial charge >= 0.3 is 0 Å². The molecule has 0 saturated heterocycles. The molecule has 0 spiro atoms. The van der Waals surface area contributed by atoms with Crippen LogP contribution < -0.4 is 0 Å². The van der Waals surface area contributed by atoms with E-state index in [9.17, 15) is 0 Å². The summed E-state index contributed by atoms with van der Waals surface area (Å²) in [6.07, 6.45) is 0. The van der Waals surface area contributed by atoms with Crippen molar-refractivity contribution in [1.29, 1.82) is 0 Å². The summed E-state index contributed by atoms with van der Waals surface area (Å²) in [6, 6.07) is 34.5. The van der Waals surface area contributed by atoms with E-state index < -0.39 is 48.3 Å². The number of benzene rings is 8. The highest BCUT2D eigenvalue weighted by atomic mass is 16.3. The lowest BCUT2D eigenvalue weighted by molar-refractivity contribution is 0.669. The Balaban J connectivity index is 1.11. The SMILES string of the molecule is [2H]c1c([2H])c(-c2ccc(-c3nc(-c4ccccc4)nc(-c4cc(-c5ccccc5)c5c(c4)oc4ccccc45)n3)cc2)c2c(oc3c4c([2H])c([2H])c([2H])c([2H])c4c([2H])c([2H])c32)c1[2H]. The van der Waals surface area contributed by atoms with Gasteiger partial charge in [0, 0.05) is 43.6 Å². The van der Waals surface area contributed by atoms with Gasteiger partial charge in [0.2, 0.25) is 0 Å². The summed E-state index contributed by atoms with van der Waals surface area (Å²) in [5, 5.41) is 1.81. The Kier molecular flexibility index (Phi) is 5.06. The van der Waals surface area contributed by atoms with Crippen LogP contribution in [0.15, 0.2) is 185 Å². The van der Waals surface area contributed by atoms with Crippen molar-refractivity contribution < 1.29 is 21.2 Å². The number of aromatic nitrogens is 3. The van der Waals surface area contributed by atoms with E-state index in [2.05, 4.69) is 18.2 Å². The van der Waals surface area contributed by atoms with E-state index in [1.807, 2.05) is 78.9 Å². The molecule has 0 saturated carbocycles. The van der Waals surface area contributed by atoms with Crippen molar-refractivity contribution >= 4 is 54.6 Å². The Bertz CT molecular complexity index is 3720. The number of furan rings is 2. The van der Waals surface area contributed by atoms with Gasteiger partial charge in [-0.1, -0.05) is 145 Å². The predicted octanol–water partition coefficient (Wildman–Crippen LogP) is 13.2. The van der Waals surface area contributed by atoms with E-state index in [1.165, 1.54) is 0 Å². The molecule has 0 radical (unpaired) electrons. The van der Waals surface area contributed by atoms with E-state index in [4.69, 9.17) is 36.1 Å². The zero-order valence-corrected chi connectivity index (χ0v) is 28.2. The molecule has 0 aliphatic heterocycles. The molecule has 0 fully saturated rings. The van der Waals surface area contributed by atoms with Gasteiger partial charge in [0.15, 0.2) is 17.5 Å². The van der Waals surface area contributed by atoms with Crippen molar-refractivity contribution in [2.45, 2.75) is 0 Å². The summed E-state index contributed by atoms with van der Waals surface area (Å²) >= 11 is 0. The van der Waals surface area contributed by atoms with Crippen LogP contribution in [-0.2, 0) is 0 Å². The molecule has 0 aliphatic carbocycles. The van der Waals surface area contributed by atoms with Crippen LogP contribution in [0.2, 0.25) is 0 Å². The first-order chi connectivity index (χ1) is 30.5. The van der Waals surface area contributed by atoms with Crippen LogP contribution in [0.4, 0.5) is 0 Å². The summed E-state index contributed by atoms with van der Waals surface area (Å²) in [5.74, 6) is 1.21. The maximum absolute atomic E-state index is 9.11. The van der Waals surface area contributed by atoms with E-state index in [-0.39, 0.29) is 44.3 Å². The number of para-hydroxylation sites is 1. The van der Waals surface area contributed by atoms with Gasteiger partial charge in [-0.05, 0) is 57.9 Å². The average molecular weight is 701 g/mol. The van der Waals surface area contributed by atoms with Crippen LogP contribution in [-0.4, -0.2) is 15.0 Å². The van der Waals surface area contributed by atoms with Crippen LogP contribution in [0, 0.1) is 0 Å². The Hall–Kier alpha value is -7.37. The first-order valence-corrected chi connectivity index (χ1v) is 17.3. The van der Waals surface area contributed by atoms with Gasteiger partial charge in [0.1, 0.15) is 22.3 Å². The van der Waals surface area contributed by atoms with Gasteiger partial charge in [0.05, 0.1) is 12.3 Å². The number of hydrogen-bond acceptors (Lipinski definition) is 5. The third-order valence-corrected chi connectivity index (χ3v) is 9.67. The average Bonchev–Trinajstić information content (AvgIpc) is 3.90. The topological polar surface area (TPSA) is 65.0 Å². The summed E-state index contributed by atoms with van der Waals surface area (Å²) in [6.45, 7) is 0. The minimum atomic E-state index is -0.551. The Morgan fingerprint density at radius 3 is 1.81 bits per heavy atom. The van der Waals surface area contributed by atoms with Gasteiger partial charge in [-0.3, -0.25) is 0 Å². The maximum Gasteiger partial charge on any atom is 0.164 e. The van der Waals surface area contributed by atoms with E-state index in [0.717, 1.165) is 33.0 Å². The lowest BCUT2D eigenvalue weighted by Gasteiger charge is -2.11. The van der Waals surface area contributed by atoms with Crippen LogP contribution in [0.3, 0.4) is 0 Å². The molecule has 5 heteroatoms. The highest BCUT2D eigenvalue weighted by Gasteiger charge is 2.19. The van der Waals surface area contributed by atoms with E-state index >= 15 is 0 Å². The van der Waals surface area contributed by atoms with E-state index in [0.29, 0.717) is 39.7 Å². The maximum atomic E-state index is 9.11. The van der Waals surface area contributed by atoms with E-state index in [1.54, 1.807) is 24.3 Å². The number of hydrogen-bond donors (Lipinski definition) is 0. The second kappa shape index (κ2) is 12.1. The molecule has 0 amide bonds. The smallest absolute Gasteiger partial charge is 0.164 e. The lowest BCUT2D eigenvalue weighted by Crippen LogP contribution is -2.00. The van der Waals surface area contributed by atoms with Crippen LogP contribution in [0.1, 0.15) is 12.3 Å². The molecule has 0 atom stereocenters. The molecule has 3 aromatic heterocycles. The van der Waals surface area contributed by atoms with Gasteiger partial charge in [-0.25, -0.2) is 15.0 Å². The molecule has 11 aromatic rings. The highest BCUT2D eigenvalue weighted by Crippen LogP contribution is 2.41. The van der Waals surface area contributed by atoms with Crippen molar-refractivity contribution in [2.75, 3.05) is 0 Å². The fraction of sp³-hybridized carbons (Fsp3) is 0. The molecule has 5 nitrogen and oxygen atoms in total. The largest absolute Gasteiger partial charge is 0.456 e. The van der Waals surface area contributed by atoms with Crippen molar-refractivity contribution in [3.63, 3.8) is 0 Å². The number of nitrogens with zero attached hydrogens (tertiary/aromatic N) is 3. The minimum Gasteiger partial charge on any atom is -0.456 e. The third-order valence-electron chi connectivity index (χ3n) is 9.67. The van der Waals surface area contributed by atoms with Crippen molar-refractivity contribution in [1.82, 2.24) is 15.0 Å². The fourth-order valence-electron chi connectivity index (χ4n) is 7.15. The molecule has 0 N–H and O–H groups in total. The van der Waals surface area contributed by atoms with Crippen LogP contribution >= 0.6 is 0 Å². The fourth-order valence-corrected chi connectivity index (χ4v) is 7.15.